The maximum Gasteiger partial charge on any atom is 0.335 e. The van der Waals surface area contributed by atoms with Crippen molar-refractivity contribution in [1.82, 2.24) is 5.16 Å². The molecule has 1 aromatic carbocycles. The highest BCUT2D eigenvalue weighted by Gasteiger charge is 2.12. The van der Waals surface area contributed by atoms with E-state index in [2.05, 4.69) is 21.1 Å². The predicted molar refractivity (Wildman–Crippen MR) is 53.4 cm³/mol. The molecule has 0 bridgehead atoms. The number of halogens is 1. The van der Waals surface area contributed by atoms with Crippen molar-refractivity contribution in [3.05, 3.63) is 27.9 Å². The highest BCUT2D eigenvalue weighted by molar-refractivity contribution is 9.10. The Hall–Kier alpha value is -1.36. The van der Waals surface area contributed by atoms with Crippen LogP contribution in [0.1, 0.15) is 16.1 Å². The molecule has 2 rings (SSSR count). The number of aromatic nitrogens is 1. The summed E-state index contributed by atoms with van der Waals surface area (Å²) in [5.74, 6) is -0.965. The lowest BCUT2D eigenvalue weighted by Gasteiger charge is -1.96. The molecule has 0 fully saturated rings. The molecule has 0 spiro atoms. The van der Waals surface area contributed by atoms with E-state index in [0.717, 1.165) is 5.39 Å². The largest absolute Gasteiger partial charge is 0.478 e. The molecule has 0 atom stereocenters. The number of hydrogen-bond acceptors (Lipinski definition) is 3. The van der Waals surface area contributed by atoms with Gasteiger partial charge in [0.05, 0.1) is 15.7 Å². The van der Waals surface area contributed by atoms with Crippen molar-refractivity contribution in [1.29, 1.82) is 0 Å². The average molecular weight is 256 g/mol. The summed E-state index contributed by atoms with van der Waals surface area (Å²) in [5.41, 5.74) is 1.48. The van der Waals surface area contributed by atoms with Gasteiger partial charge in [-0.15, -0.1) is 0 Å². The molecule has 0 amide bonds. The number of rotatable bonds is 1. The van der Waals surface area contributed by atoms with Crippen LogP contribution < -0.4 is 0 Å². The molecule has 0 saturated carbocycles. The highest BCUT2D eigenvalue weighted by atomic mass is 79.9. The zero-order valence-corrected chi connectivity index (χ0v) is 8.83. The van der Waals surface area contributed by atoms with Gasteiger partial charge >= 0.3 is 5.97 Å². The number of aromatic carboxylic acids is 1. The maximum absolute atomic E-state index is 10.8. The third kappa shape index (κ3) is 1.29. The van der Waals surface area contributed by atoms with Crippen LogP contribution in [0.4, 0.5) is 0 Å². The fourth-order valence-corrected chi connectivity index (χ4v) is 1.77. The predicted octanol–water partition coefficient (Wildman–Crippen LogP) is 2.60. The zero-order valence-electron chi connectivity index (χ0n) is 7.24. The molecule has 0 unspecified atom stereocenters. The van der Waals surface area contributed by atoms with Crippen molar-refractivity contribution in [2.45, 2.75) is 6.92 Å². The van der Waals surface area contributed by atoms with Gasteiger partial charge in [-0.2, -0.15) is 0 Å². The van der Waals surface area contributed by atoms with Crippen LogP contribution in [-0.4, -0.2) is 16.2 Å². The van der Waals surface area contributed by atoms with Gasteiger partial charge in [0.25, 0.3) is 0 Å². The van der Waals surface area contributed by atoms with Crippen LogP contribution in [-0.2, 0) is 0 Å². The fourth-order valence-electron chi connectivity index (χ4n) is 1.24. The molecule has 4 nitrogen and oxygen atoms in total. The number of nitrogens with zero attached hydrogens (tertiary/aromatic N) is 1. The molecule has 1 aromatic heterocycles. The molecule has 0 saturated heterocycles. The maximum atomic E-state index is 10.8. The Bertz CT molecular complexity index is 518. The Balaban J connectivity index is 2.82. The van der Waals surface area contributed by atoms with Gasteiger partial charge < -0.3 is 9.63 Å². The van der Waals surface area contributed by atoms with Crippen molar-refractivity contribution < 1.29 is 14.4 Å². The van der Waals surface area contributed by atoms with Crippen molar-refractivity contribution in [3.8, 4) is 0 Å². The number of aryl methyl sites for hydroxylation is 1. The molecule has 0 aliphatic heterocycles. The van der Waals surface area contributed by atoms with E-state index in [1.165, 1.54) is 6.07 Å². The summed E-state index contributed by atoms with van der Waals surface area (Å²) >= 11 is 3.23. The second-order valence-corrected chi connectivity index (χ2v) is 3.76. The number of carbonyl (C=O) groups is 1. The van der Waals surface area contributed by atoms with E-state index in [1.807, 2.05) is 0 Å². The van der Waals surface area contributed by atoms with Crippen LogP contribution in [0, 0.1) is 6.92 Å². The van der Waals surface area contributed by atoms with E-state index in [0.29, 0.717) is 15.7 Å². The Morgan fingerprint density at radius 2 is 2.29 bits per heavy atom. The zero-order chi connectivity index (χ0) is 10.3. The van der Waals surface area contributed by atoms with E-state index in [9.17, 15) is 4.79 Å². The van der Waals surface area contributed by atoms with Gasteiger partial charge in [0, 0.05) is 5.39 Å². The molecule has 0 radical (unpaired) electrons. The fraction of sp³-hybridized carbons (Fsp3) is 0.111. The summed E-state index contributed by atoms with van der Waals surface area (Å²) < 4.78 is 5.63. The minimum atomic E-state index is -0.965. The Morgan fingerprint density at radius 1 is 1.57 bits per heavy atom. The first-order valence-electron chi connectivity index (χ1n) is 3.88. The molecule has 0 aliphatic rings. The van der Waals surface area contributed by atoms with E-state index >= 15 is 0 Å². The second-order valence-electron chi connectivity index (χ2n) is 2.91. The monoisotopic (exact) mass is 255 g/mol. The third-order valence-corrected chi connectivity index (χ3v) is 2.54. The van der Waals surface area contributed by atoms with Crippen molar-refractivity contribution >= 4 is 32.9 Å². The average Bonchev–Trinajstić information content (AvgIpc) is 2.48. The first-order chi connectivity index (χ1) is 6.59. The normalized spacial score (nSPS) is 10.7. The lowest BCUT2D eigenvalue weighted by Crippen LogP contribution is -1.95. The lowest BCUT2D eigenvalue weighted by atomic mass is 10.1. The lowest BCUT2D eigenvalue weighted by molar-refractivity contribution is 0.0697. The van der Waals surface area contributed by atoms with Crippen LogP contribution in [0.5, 0.6) is 0 Å². The summed E-state index contributed by atoms with van der Waals surface area (Å²) in [7, 11) is 0. The first-order valence-corrected chi connectivity index (χ1v) is 4.67. The van der Waals surface area contributed by atoms with Crippen LogP contribution in [0.2, 0.25) is 0 Å². The Morgan fingerprint density at radius 3 is 2.93 bits per heavy atom. The summed E-state index contributed by atoms with van der Waals surface area (Å²) in [6.07, 6.45) is 0. The van der Waals surface area contributed by atoms with E-state index in [4.69, 9.17) is 9.63 Å². The van der Waals surface area contributed by atoms with Crippen molar-refractivity contribution in [3.63, 3.8) is 0 Å². The summed E-state index contributed by atoms with van der Waals surface area (Å²) in [6, 6.07) is 3.05. The SMILES string of the molecule is Cc1noc2c(Br)cc(C(=O)O)cc12. The quantitative estimate of drug-likeness (QED) is 0.851. The molecule has 72 valence electrons. The molecule has 1 heterocycles. The van der Waals surface area contributed by atoms with Crippen LogP contribution in [0.3, 0.4) is 0 Å². The number of carboxylic acid groups (broad SMARTS) is 1. The smallest absolute Gasteiger partial charge is 0.335 e. The van der Waals surface area contributed by atoms with Gasteiger partial charge in [-0.3, -0.25) is 0 Å². The first kappa shape index (κ1) is 9.21. The van der Waals surface area contributed by atoms with Gasteiger partial charge in [0.15, 0.2) is 5.58 Å². The molecular weight excluding hydrogens is 250 g/mol. The van der Waals surface area contributed by atoms with Gasteiger partial charge in [-0.25, -0.2) is 4.79 Å². The summed E-state index contributed by atoms with van der Waals surface area (Å²) in [5, 5.41) is 13.3. The number of hydrogen-bond donors (Lipinski definition) is 1. The summed E-state index contributed by atoms with van der Waals surface area (Å²) in [4.78, 5) is 10.8. The number of fused-ring (bicyclic) bond motifs is 1. The standard InChI is InChI=1S/C9H6BrNO3/c1-4-6-2-5(9(12)13)3-7(10)8(6)14-11-4/h2-3H,1H3,(H,12,13). The van der Waals surface area contributed by atoms with Gasteiger partial charge in [-0.05, 0) is 35.0 Å². The third-order valence-electron chi connectivity index (χ3n) is 1.95. The Kier molecular flexibility index (Phi) is 2.03. The second kappa shape index (κ2) is 3.09. The molecular formula is C9H6BrNO3. The van der Waals surface area contributed by atoms with E-state index in [-0.39, 0.29) is 5.56 Å². The number of benzene rings is 1. The Labute approximate surface area is 87.6 Å². The van der Waals surface area contributed by atoms with Crippen LogP contribution in [0.15, 0.2) is 21.1 Å². The van der Waals surface area contributed by atoms with Crippen molar-refractivity contribution in [2.75, 3.05) is 0 Å². The molecule has 1 N–H and O–H groups in total. The van der Waals surface area contributed by atoms with Gasteiger partial charge in [0.1, 0.15) is 0 Å². The van der Waals surface area contributed by atoms with Crippen molar-refractivity contribution in [2.24, 2.45) is 0 Å². The molecule has 0 aliphatic carbocycles. The topological polar surface area (TPSA) is 63.3 Å². The molecule has 14 heavy (non-hydrogen) atoms. The van der Waals surface area contributed by atoms with E-state index < -0.39 is 5.97 Å². The van der Waals surface area contributed by atoms with Gasteiger partial charge in [-0.1, -0.05) is 5.16 Å². The molecule has 2 aromatic rings. The van der Waals surface area contributed by atoms with Crippen LogP contribution >= 0.6 is 15.9 Å². The highest BCUT2D eigenvalue weighted by Crippen LogP contribution is 2.27. The van der Waals surface area contributed by atoms with Gasteiger partial charge in [0.2, 0.25) is 0 Å². The number of carboxylic acids is 1. The minimum Gasteiger partial charge on any atom is -0.478 e. The molecule has 5 heteroatoms. The van der Waals surface area contributed by atoms with E-state index in [1.54, 1.807) is 13.0 Å². The van der Waals surface area contributed by atoms with Crippen LogP contribution in [0.25, 0.3) is 11.0 Å². The summed E-state index contributed by atoms with van der Waals surface area (Å²) in [6.45, 7) is 1.77. The minimum absolute atomic E-state index is 0.218.